The third-order valence-corrected chi connectivity index (χ3v) is 3.52. The van der Waals surface area contributed by atoms with Crippen LogP contribution in [0.15, 0.2) is 0 Å². The van der Waals surface area contributed by atoms with Gasteiger partial charge in [-0.15, -0.1) is 0 Å². The first-order valence-electron chi connectivity index (χ1n) is 7.20. The second kappa shape index (κ2) is 6.42. The van der Waals surface area contributed by atoms with Gasteiger partial charge >= 0.3 is 0 Å². The Labute approximate surface area is 107 Å². The molecule has 0 bridgehead atoms. The Morgan fingerprint density at radius 3 is 2.65 bits per heavy atom. The molecule has 0 saturated carbocycles. The molecular weight excluding hydrogens is 210 g/mol. The zero-order chi connectivity index (χ0) is 12.9. The molecule has 0 radical (unpaired) electrons. The molecule has 1 amide bonds. The van der Waals surface area contributed by atoms with Crippen LogP contribution in [0.1, 0.15) is 66.2 Å². The molecule has 1 fully saturated rings. The molecule has 0 N–H and O–H groups in total. The summed E-state index contributed by atoms with van der Waals surface area (Å²) in [5.41, 5.74) is 0.389. The first-order valence-corrected chi connectivity index (χ1v) is 7.20. The van der Waals surface area contributed by atoms with Crippen LogP contribution >= 0.6 is 0 Å². The molecule has 1 aliphatic heterocycles. The number of amides is 1. The lowest BCUT2D eigenvalue weighted by Gasteiger charge is -2.36. The highest BCUT2D eigenvalue weighted by molar-refractivity contribution is 5.76. The highest BCUT2D eigenvalue weighted by Crippen LogP contribution is 2.30. The van der Waals surface area contributed by atoms with Crippen LogP contribution in [0.4, 0.5) is 0 Å². The number of rotatable bonds is 4. The van der Waals surface area contributed by atoms with Crippen molar-refractivity contribution in [1.29, 1.82) is 0 Å². The fourth-order valence-corrected chi connectivity index (χ4v) is 2.81. The standard InChI is InChI=1S/C15H29NO/c1-5-6-9-14(17)16-10-7-8-13(12-16)11-15(2,3)4/h13H,5-12H2,1-4H3. The molecule has 1 saturated heterocycles. The number of nitrogens with zero attached hydrogens (tertiary/aromatic N) is 1. The largest absolute Gasteiger partial charge is 0.342 e. The van der Waals surface area contributed by atoms with E-state index in [-0.39, 0.29) is 0 Å². The first-order chi connectivity index (χ1) is 7.92. The number of unbranched alkanes of at least 4 members (excludes halogenated alkanes) is 1. The Bertz CT molecular complexity index is 242. The maximum absolute atomic E-state index is 12.0. The summed E-state index contributed by atoms with van der Waals surface area (Å²) in [7, 11) is 0. The van der Waals surface area contributed by atoms with E-state index in [1.807, 2.05) is 0 Å². The van der Waals surface area contributed by atoms with Crippen LogP contribution in [0, 0.1) is 11.3 Å². The van der Waals surface area contributed by atoms with E-state index in [1.165, 1.54) is 19.3 Å². The highest BCUT2D eigenvalue weighted by Gasteiger charge is 2.26. The van der Waals surface area contributed by atoms with Crippen LogP contribution in [0.5, 0.6) is 0 Å². The predicted octanol–water partition coefficient (Wildman–Crippen LogP) is 3.85. The maximum Gasteiger partial charge on any atom is 0.222 e. The Balaban J connectivity index is 2.40. The van der Waals surface area contributed by atoms with Crippen LogP contribution in [-0.4, -0.2) is 23.9 Å². The van der Waals surface area contributed by atoms with Crippen molar-refractivity contribution >= 4 is 5.91 Å². The number of carbonyl (C=O) groups excluding carboxylic acids is 1. The molecular formula is C15H29NO. The molecule has 0 aromatic rings. The first kappa shape index (κ1) is 14.5. The SMILES string of the molecule is CCCCC(=O)N1CCCC(CC(C)(C)C)C1. The van der Waals surface area contributed by atoms with Gasteiger partial charge in [0.05, 0.1) is 0 Å². The van der Waals surface area contributed by atoms with Crippen molar-refractivity contribution in [2.75, 3.05) is 13.1 Å². The molecule has 1 rings (SSSR count). The van der Waals surface area contributed by atoms with Gasteiger partial charge in [-0.05, 0) is 37.0 Å². The Kier molecular flexibility index (Phi) is 5.48. The summed E-state index contributed by atoms with van der Waals surface area (Å²) in [4.78, 5) is 14.1. The van der Waals surface area contributed by atoms with Gasteiger partial charge in [-0.25, -0.2) is 0 Å². The molecule has 2 heteroatoms. The number of carbonyl (C=O) groups is 1. The van der Waals surface area contributed by atoms with Gasteiger partial charge in [-0.2, -0.15) is 0 Å². The van der Waals surface area contributed by atoms with E-state index in [2.05, 4.69) is 32.6 Å². The molecule has 0 aliphatic carbocycles. The molecule has 1 atom stereocenters. The lowest BCUT2D eigenvalue weighted by molar-refractivity contribution is -0.133. The second-order valence-electron chi connectivity index (χ2n) is 6.72. The minimum Gasteiger partial charge on any atom is -0.342 e. The van der Waals surface area contributed by atoms with E-state index in [0.29, 0.717) is 17.2 Å². The molecule has 17 heavy (non-hydrogen) atoms. The smallest absolute Gasteiger partial charge is 0.222 e. The van der Waals surface area contributed by atoms with Crippen molar-refractivity contribution in [3.8, 4) is 0 Å². The zero-order valence-corrected chi connectivity index (χ0v) is 12.1. The molecule has 0 spiro atoms. The molecule has 0 aromatic heterocycles. The quantitative estimate of drug-likeness (QED) is 0.729. The molecule has 1 heterocycles. The van der Waals surface area contributed by atoms with Gasteiger partial charge in [0.1, 0.15) is 0 Å². The average Bonchev–Trinajstić information content (AvgIpc) is 2.24. The van der Waals surface area contributed by atoms with Crippen molar-refractivity contribution in [2.24, 2.45) is 11.3 Å². The third kappa shape index (κ3) is 5.56. The minimum absolute atomic E-state index is 0.380. The van der Waals surface area contributed by atoms with E-state index < -0.39 is 0 Å². The second-order valence-corrected chi connectivity index (χ2v) is 6.72. The third-order valence-electron chi connectivity index (χ3n) is 3.52. The van der Waals surface area contributed by atoms with Crippen LogP contribution in [0.25, 0.3) is 0 Å². The van der Waals surface area contributed by atoms with E-state index in [1.54, 1.807) is 0 Å². The van der Waals surface area contributed by atoms with Crippen molar-refractivity contribution in [2.45, 2.75) is 66.2 Å². The van der Waals surface area contributed by atoms with E-state index in [0.717, 1.165) is 32.4 Å². The van der Waals surface area contributed by atoms with E-state index in [4.69, 9.17) is 0 Å². The van der Waals surface area contributed by atoms with Crippen molar-refractivity contribution in [3.05, 3.63) is 0 Å². The summed E-state index contributed by atoms with van der Waals surface area (Å²) in [6, 6.07) is 0. The summed E-state index contributed by atoms with van der Waals surface area (Å²) in [6.07, 6.45) is 6.64. The number of piperidine rings is 1. The summed E-state index contributed by atoms with van der Waals surface area (Å²) < 4.78 is 0. The average molecular weight is 239 g/mol. The number of likely N-dealkylation sites (tertiary alicyclic amines) is 1. The van der Waals surface area contributed by atoms with Crippen LogP contribution in [0.3, 0.4) is 0 Å². The normalized spacial score (nSPS) is 21.6. The lowest BCUT2D eigenvalue weighted by Crippen LogP contribution is -2.40. The van der Waals surface area contributed by atoms with Gasteiger partial charge in [0.15, 0.2) is 0 Å². The summed E-state index contributed by atoms with van der Waals surface area (Å²) in [5.74, 6) is 1.10. The topological polar surface area (TPSA) is 20.3 Å². The highest BCUT2D eigenvalue weighted by atomic mass is 16.2. The van der Waals surface area contributed by atoms with Gasteiger partial charge in [-0.3, -0.25) is 4.79 Å². The fourth-order valence-electron chi connectivity index (χ4n) is 2.81. The van der Waals surface area contributed by atoms with Gasteiger partial charge in [-0.1, -0.05) is 34.1 Å². The van der Waals surface area contributed by atoms with Crippen LogP contribution in [0.2, 0.25) is 0 Å². The Hall–Kier alpha value is -0.530. The molecule has 1 unspecified atom stereocenters. The van der Waals surface area contributed by atoms with Gasteiger partial charge in [0, 0.05) is 19.5 Å². The number of hydrogen-bond donors (Lipinski definition) is 0. The molecule has 1 aliphatic rings. The summed E-state index contributed by atoms with van der Waals surface area (Å²) >= 11 is 0. The fraction of sp³-hybridized carbons (Fsp3) is 0.933. The van der Waals surface area contributed by atoms with Crippen LogP contribution in [-0.2, 0) is 4.79 Å². The van der Waals surface area contributed by atoms with Gasteiger partial charge < -0.3 is 4.90 Å². The molecule has 100 valence electrons. The maximum atomic E-state index is 12.0. The van der Waals surface area contributed by atoms with E-state index in [9.17, 15) is 4.79 Å². The molecule has 2 nitrogen and oxygen atoms in total. The monoisotopic (exact) mass is 239 g/mol. The van der Waals surface area contributed by atoms with Crippen LogP contribution < -0.4 is 0 Å². The van der Waals surface area contributed by atoms with Crippen molar-refractivity contribution < 1.29 is 4.79 Å². The Morgan fingerprint density at radius 2 is 2.06 bits per heavy atom. The molecule has 0 aromatic carbocycles. The predicted molar refractivity (Wildman–Crippen MR) is 72.9 cm³/mol. The van der Waals surface area contributed by atoms with Gasteiger partial charge in [0.25, 0.3) is 0 Å². The lowest BCUT2D eigenvalue weighted by atomic mass is 9.81. The van der Waals surface area contributed by atoms with Crippen molar-refractivity contribution in [3.63, 3.8) is 0 Å². The minimum atomic E-state index is 0.380. The summed E-state index contributed by atoms with van der Waals surface area (Å²) in [6.45, 7) is 11.0. The van der Waals surface area contributed by atoms with E-state index >= 15 is 0 Å². The number of hydrogen-bond acceptors (Lipinski definition) is 1. The van der Waals surface area contributed by atoms with Crippen molar-refractivity contribution in [1.82, 2.24) is 4.90 Å². The van der Waals surface area contributed by atoms with Gasteiger partial charge in [0.2, 0.25) is 5.91 Å². The Morgan fingerprint density at radius 1 is 1.35 bits per heavy atom. The zero-order valence-electron chi connectivity index (χ0n) is 12.1. The summed E-state index contributed by atoms with van der Waals surface area (Å²) in [5, 5.41) is 0.